The number of halogens is 1. The molecule has 200 valence electrons. The van der Waals surface area contributed by atoms with Crippen LogP contribution >= 0.6 is 11.5 Å². The highest BCUT2D eigenvalue weighted by atomic mass is 32.1. The van der Waals surface area contributed by atoms with Crippen molar-refractivity contribution in [3.05, 3.63) is 112 Å². The number of carbonyl (C=O) groups is 3. The van der Waals surface area contributed by atoms with Gasteiger partial charge in [0.05, 0.1) is 12.8 Å². The Morgan fingerprint density at radius 3 is 2.26 bits per heavy atom. The number of ether oxygens (including phenoxy) is 1. The van der Waals surface area contributed by atoms with E-state index in [-0.39, 0.29) is 29.3 Å². The van der Waals surface area contributed by atoms with Crippen LogP contribution in [0.15, 0.2) is 78.9 Å². The summed E-state index contributed by atoms with van der Waals surface area (Å²) in [6, 6.07) is 20.5. The van der Waals surface area contributed by atoms with E-state index in [9.17, 15) is 18.8 Å². The van der Waals surface area contributed by atoms with E-state index in [0.29, 0.717) is 28.4 Å². The van der Waals surface area contributed by atoms with Gasteiger partial charge in [-0.3, -0.25) is 14.4 Å². The zero-order valence-electron chi connectivity index (χ0n) is 21.0. The SMILES string of the molecule is COc1ccc([C@H](C(=O)NCc2ccccc2)N(Cc2ccc(F)cc2)C(=O)c2snc(C(N)=O)c2N)cc1. The van der Waals surface area contributed by atoms with E-state index in [0.717, 1.165) is 5.56 Å². The van der Waals surface area contributed by atoms with Crippen molar-refractivity contribution in [2.24, 2.45) is 5.73 Å². The first kappa shape index (κ1) is 27.3. The van der Waals surface area contributed by atoms with Crippen molar-refractivity contribution in [2.45, 2.75) is 19.1 Å². The van der Waals surface area contributed by atoms with Crippen LogP contribution in [-0.4, -0.2) is 34.1 Å². The summed E-state index contributed by atoms with van der Waals surface area (Å²) in [7, 11) is 1.52. The number of rotatable bonds is 10. The Morgan fingerprint density at radius 1 is 1.00 bits per heavy atom. The molecule has 4 rings (SSSR count). The lowest BCUT2D eigenvalue weighted by atomic mass is 10.0. The largest absolute Gasteiger partial charge is 0.497 e. The molecule has 5 N–H and O–H groups in total. The highest BCUT2D eigenvalue weighted by molar-refractivity contribution is 7.09. The third kappa shape index (κ3) is 6.39. The van der Waals surface area contributed by atoms with Crippen molar-refractivity contribution >= 4 is 34.9 Å². The molecule has 0 fully saturated rings. The maximum Gasteiger partial charge on any atom is 0.270 e. The number of anilines is 1. The monoisotopic (exact) mass is 547 g/mol. The Kier molecular flexibility index (Phi) is 8.52. The van der Waals surface area contributed by atoms with Crippen molar-refractivity contribution in [1.82, 2.24) is 14.6 Å². The fourth-order valence-electron chi connectivity index (χ4n) is 3.97. The molecule has 11 heteroatoms. The van der Waals surface area contributed by atoms with Gasteiger partial charge in [-0.2, -0.15) is 4.37 Å². The summed E-state index contributed by atoms with van der Waals surface area (Å²) in [6.45, 7) is 0.150. The van der Waals surface area contributed by atoms with E-state index in [1.165, 1.54) is 36.3 Å². The lowest BCUT2D eigenvalue weighted by Crippen LogP contribution is -2.43. The van der Waals surface area contributed by atoms with Gasteiger partial charge in [0.15, 0.2) is 5.69 Å². The molecule has 0 radical (unpaired) electrons. The minimum absolute atomic E-state index is 0.0414. The number of hydrogen-bond acceptors (Lipinski definition) is 7. The number of amides is 3. The first-order chi connectivity index (χ1) is 18.8. The van der Waals surface area contributed by atoms with Gasteiger partial charge in [0.25, 0.3) is 11.8 Å². The molecule has 1 aromatic heterocycles. The zero-order valence-corrected chi connectivity index (χ0v) is 21.8. The number of carbonyl (C=O) groups excluding carboxylic acids is 3. The Morgan fingerprint density at radius 2 is 1.67 bits per heavy atom. The molecule has 3 aromatic carbocycles. The van der Waals surface area contributed by atoms with E-state index < -0.39 is 29.6 Å². The number of nitrogens with one attached hydrogen (secondary N) is 1. The minimum atomic E-state index is -1.13. The third-order valence-corrected chi connectivity index (χ3v) is 6.83. The molecule has 39 heavy (non-hydrogen) atoms. The Hall–Kier alpha value is -4.77. The number of nitrogens with two attached hydrogens (primary N) is 2. The molecule has 1 heterocycles. The van der Waals surface area contributed by atoms with Gasteiger partial charge >= 0.3 is 0 Å². The minimum Gasteiger partial charge on any atom is -0.497 e. The van der Waals surface area contributed by atoms with Gasteiger partial charge in [-0.15, -0.1) is 0 Å². The molecular weight excluding hydrogens is 521 g/mol. The quantitative estimate of drug-likeness (QED) is 0.277. The van der Waals surface area contributed by atoms with Gasteiger partial charge in [-0.1, -0.05) is 54.6 Å². The van der Waals surface area contributed by atoms with Crippen LogP contribution in [0.2, 0.25) is 0 Å². The third-order valence-electron chi connectivity index (χ3n) is 5.98. The second-order valence-electron chi connectivity index (χ2n) is 8.58. The molecule has 1 atom stereocenters. The predicted octanol–water partition coefficient (Wildman–Crippen LogP) is 3.67. The van der Waals surface area contributed by atoms with Crippen molar-refractivity contribution in [3.63, 3.8) is 0 Å². The van der Waals surface area contributed by atoms with Crippen LogP contribution in [0.25, 0.3) is 0 Å². The molecule has 0 saturated carbocycles. The van der Waals surface area contributed by atoms with Crippen molar-refractivity contribution in [2.75, 3.05) is 12.8 Å². The first-order valence-corrected chi connectivity index (χ1v) is 12.6. The maximum absolute atomic E-state index is 14.0. The molecule has 0 bridgehead atoms. The van der Waals surface area contributed by atoms with Gasteiger partial charge in [-0.05, 0) is 52.5 Å². The molecule has 0 spiro atoms. The van der Waals surface area contributed by atoms with Crippen molar-refractivity contribution < 1.29 is 23.5 Å². The molecule has 9 nitrogen and oxygen atoms in total. The fraction of sp³-hybridized carbons (Fsp3) is 0.143. The molecule has 0 aliphatic heterocycles. The van der Waals surface area contributed by atoms with E-state index >= 15 is 0 Å². The van der Waals surface area contributed by atoms with Crippen LogP contribution in [-0.2, 0) is 17.9 Å². The van der Waals surface area contributed by atoms with Gasteiger partial charge in [0.2, 0.25) is 5.91 Å². The van der Waals surface area contributed by atoms with Crippen molar-refractivity contribution in [1.29, 1.82) is 0 Å². The zero-order chi connectivity index (χ0) is 27.9. The lowest BCUT2D eigenvalue weighted by molar-refractivity contribution is -0.126. The molecule has 4 aromatic rings. The van der Waals surface area contributed by atoms with Crippen LogP contribution in [0.5, 0.6) is 5.75 Å². The average Bonchev–Trinajstić information content (AvgIpc) is 3.34. The summed E-state index contributed by atoms with van der Waals surface area (Å²) in [5.41, 5.74) is 13.0. The Bertz CT molecular complexity index is 1460. The highest BCUT2D eigenvalue weighted by Crippen LogP contribution is 2.31. The maximum atomic E-state index is 14.0. The van der Waals surface area contributed by atoms with Crippen LogP contribution in [0.4, 0.5) is 10.1 Å². The van der Waals surface area contributed by atoms with Gasteiger partial charge in [0.1, 0.15) is 22.5 Å². The second kappa shape index (κ2) is 12.2. The average molecular weight is 548 g/mol. The summed E-state index contributed by atoms with van der Waals surface area (Å²) < 4.78 is 22.8. The molecule has 0 aliphatic rings. The lowest BCUT2D eigenvalue weighted by Gasteiger charge is -2.31. The summed E-state index contributed by atoms with van der Waals surface area (Å²) in [5.74, 6) is -1.85. The second-order valence-corrected chi connectivity index (χ2v) is 9.35. The van der Waals surface area contributed by atoms with Gasteiger partial charge < -0.3 is 26.4 Å². The smallest absolute Gasteiger partial charge is 0.270 e. The van der Waals surface area contributed by atoms with E-state index in [1.807, 2.05) is 30.3 Å². The topological polar surface area (TPSA) is 141 Å². The summed E-state index contributed by atoms with van der Waals surface area (Å²) in [6.07, 6.45) is 0. The Balaban J connectivity index is 1.78. The van der Waals surface area contributed by atoms with Crippen LogP contribution in [0.1, 0.15) is 42.9 Å². The number of methoxy groups -OCH3 is 1. The summed E-state index contributed by atoms with van der Waals surface area (Å²) >= 11 is 0.716. The molecule has 0 aliphatic carbocycles. The molecule has 0 saturated heterocycles. The predicted molar refractivity (Wildman–Crippen MR) is 145 cm³/mol. The number of aromatic nitrogens is 1. The van der Waals surface area contributed by atoms with Crippen LogP contribution in [0.3, 0.4) is 0 Å². The summed E-state index contributed by atoms with van der Waals surface area (Å²) in [5, 5.41) is 2.90. The molecule has 0 unspecified atom stereocenters. The number of hydrogen-bond donors (Lipinski definition) is 3. The van der Waals surface area contributed by atoms with Gasteiger partial charge in [-0.25, -0.2) is 4.39 Å². The standard InChI is InChI=1S/C28H26FN5O4S/c1-38-21-13-9-19(10-14-21)24(27(36)32-15-17-5-3-2-4-6-17)34(16-18-7-11-20(29)12-8-18)28(37)25-22(30)23(26(31)35)33-39-25/h2-14,24H,15-16,30H2,1H3,(H2,31,35)(H,32,36)/t24-/m1/s1. The highest BCUT2D eigenvalue weighted by Gasteiger charge is 2.35. The molecule has 3 amide bonds. The van der Waals surface area contributed by atoms with E-state index in [1.54, 1.807) is 24.3 Å². The van der Waals surface area contributed by atoms with Crippen LogP contribution < -0.4 is 21.5 Å². The normalized spacial score (nSPS) is 11.4. The van der Waals surface area contributed by atoms with Crippen LogP contribution in [0, 0.1) is 5.82 Å². The molecular formula is C28H26FN5O4S. The Labute approximate surface area is 228 Å². The number of primary amides is 1. The van der Waals surface area contributed by atoms with E-state index in [4.69, 9.17) is 16.2 Å². The first-order valence-electron chi connectivity index (χ1n) is 11.8. The van der Waals surface area contributed by atoms with Gasteiger partial charge in [0, 0.05) is 13.1 Å². The number of nitrogens with zero attached hydrogens (tertiary/aromatic N) is 2. The number of benzene rings is 3. The van der Waals surface area contributed by atoms with E-state index in [2.05, 4.69) is 9.69 Å². The number of nitrogen functional groups attached to an aromatic ring is 1. The fourth-order valence-corrected chi connectivity index (χ4v) is 4.73. The van der Waals surface area contributed by atoms with Crippen molar-refractivity contribution in [3.8, 4) is 5.75 Å². The summed E-state index contributed by atoms with van der Waals surface area (Å²) in [4.78, 5) is 40.8.